The van der Waals surface area contributed by atoms with Crippen molar-refractivity contribution >= 4 is 34.4 Å². The molecule has 0 unspecified atom stereocenters. The van der Waals surface area contributed by atoms with E-state index in [4.69, 9.17) is 0 Å². The molecule has 1 aromatic rings. The molecule has 0 aromatic heterocycles. The van der Waals surface area contributed by atoms with Gasteiger partial charge in [0.1, 0.15) is 0 Å². The van der Waals surface area contributed by atoms with E-state index in [1.807, 2.05) is 0 Å². The lowest BCUT2D eigenvalue weighted by molar-refractivity contribution is -0.385. The Kier molecular flexibility index (Phi) is 4.59. The summed E-state index contributed by atoms with van der Waals surface area (Å²) in [7, 11) is 0. The van der Waals surface area contributed by atoms with Crippen molar-refractivity contribution in [2.24, 2.45) is 0 Å². The van der Waals surface area contributed by atoms with Gasteiger partial charge < -0.3 is 0 Å². The smallest absolute Gasteiger partial charge is 0.276 e. The second kappa shape index (κ2) is 5.95. The van der Waals surface area contributed by atoms with Gasteiger partial charge in [0.05, 0.1) is 10.5 Å². The van der Waals surface area contributed by atoms with Crippen molar-refractivity contribution in [1.82, 2.24) is 0 Å². The highest BCUT2D eigenvalue weighted by Crippen LogP contribution is 2.18. The largest absolute Gasteiger partial charge is 0.285 e. The van der Waals surface area contributed by atoms with Crippen molar-refractivity contribution in [3.8, 4) is 0 Å². The number of carbonyl (C=O) groups is 2. The summed E-state index contributed by atoms with van der Waals surface area (Å²) in [5.41, 5.74) is 0.188. The minimum Gasteiger partial charge on any atom is -0.285 e. The molecule has 5 nitrogen and oxygen atoms in total. The van der Waals surface area contributed by atoms with E-state index in [2.05, 4.69) is 0 Å². The van der Waals surface area contributed by atoms with Crippen molar-refractivity contribution in [3.63, 3.8) is 0 Å². The van der Waals surface area contributed by atoms with Crippen molar-refractivity contribution < 1.29 is 14.5 Å². The van der Waals surface area contributed by atoms with Gasteiger partial charge in [0, 0.05) is 6.07 Å². The van der Waals surface area contributed by atoms with Gasteiger partial charge in [0.2, 0.25) is 5.78 Å². The third kappa shape index (κ3) is 3.53. The fourth-order valence-corrected chi connectivity index (χ4v) is 1.40. The van der Waals surface area contributed by atoms with Crippen LogP contribution in [0.3, 0.4) is 0 Å². The standard InChI is InChI=1S/C11H9NO4S/c1-17-11(14)10(13)7-6-8-4-2-3-5-9(8)12(15)16/h2-7H,1H3/b7-6+. The topological polar surface area (TPSA) is 77.3 Å². The van der Waals surface area contributed by atoms with Crippen molar-refractivity contribution in [2.75, 3.05) is 6.26 Å². The Hall–Kier alpha value is -1.95. The highest BCUT2D eigenvalue weighted by Gasteiger charge is 2.11. The number of nitro groups is 1. The van der Waals surface area contributed by atoms with Gasteiger partial charge in [-0.05, 0) is 24.5 Å². The van der Waals surface area contributed by atoms with Crippen LogP contribution in [0.15, 0.2) is 30.3 Å². The zero-order valence-electron chi connectivity index (χ0n) is 8.95. The third-order valence-electron chi connectivity index (χ3n) is 1.93. The number of benzene rings is 1. The summed E-state index contributed by atoms with van der Waals surface area (Å²) in [6.45, 7) is 0. The molecule has 0 saturated carbocycles. The van der Waals surface area contributed by atoms with E-state index < -0.39 is 15.8 Å². The highest BCUT2D eigenvalue weighted by molar-refractivity contribution is 8.14. The average Bonchev–Trinajstić information content (AvgIpc) is 2.35. The quantitative estimate of drug-likeness (QED) is 0.354. The van der Waals surface area contributed by atoms with Crippen molar-refractivity contribution in [2.45, 2.75) is 0 Å². The normalized spacial score (nSPS) is 10.4. The van der Waals surface area contributed by atoms with Gasteiger partial charge in [0.25, 0.3) is 10.8 Å². The fraction of sp³-hybridized carbons (Fsp3) is 0.0909. The van der Waals surface area contributed by atoms with E-state index in [0.29, 0.717) is 5.56 Å². The number of allylic oxidation sites excluding steroid dienone is 1. The van der Waals surface area contributed by atoms with Crippen molar-refractivity contribution in [1.29, 1.82) is 0 Å². The van der Waals surface area contributed by atoms with Crippen LogP contribution in [-0.4, -0.2) is 22.1 Å². The molecule has 88 valence electrons. The van der Waals surface area contributed by atoms with Crippen molar-refractivity contribution in [3.05, 3.63) is 46.0 Å². The number of thioether (sulfide) groups is 1. The molecule has 0 aliphatic rings. The predicted octanol–water partition coefficient (Wildman–Crippen LogP) is 2.07. The summed E-state index contributed by atoms with van der Waals surface area (Å²) in [6, 6.07) is 5.99. The molecular weight excluding hydrogens is 242 g/mol. The Morgan fingerprint density at radius 1 is 1.35 bits per heavy atom. The number of hydrogen-bond acceptors (Lipinski definition) is 5. The molecule has 0 bridgehead atoms. The molecule has 0 saturated heterocycles. The summed E-state index contributed by atoms with van der Waals surface area (Å²) in [6.07, 6.45) is 3.81. The zero-order valence-corrected chi connectivity index (χ0v) is 9.77. The Morgan fingerprint density at radius 3 is 2.59 bits per heavy atom. The van der Waals surface area contributed by atoms with Gasteiger partial charge in [-0.3, -0.25) is 19.7 Å². The van der Waals surface area contributed by atoms with Crippen LogP contribution in [0.2, 0.25) is 0 Å². The first-order valence-electron chi connectivity index (χ1n) is 4.60. The van der Waals surface area contributed by atoms with E-state index in [1.165, 1.54) is 30.5 Å². The van der Waals surface area contributed by atoms with Crippen LogP contribution in [0.5, 0.6) is 0 Å². The first-order valence-corrected chi connectivity index (χ1v) is 5.82. The van der Waals surface area contributed by atoms with E-state index >= 15 is 0 Å². The lowest BCUT2D eigenvalue weighted by Gasteiger charge is -1.95. The van der Waals surface area contributed by atoms with Crippen LogP contribution in [0.4, 0.5) is 5.69 Å². The molecule has 0 N–H and O–H groups in total. The van der Waals surface area contributed by atoms with Crippen LogP contribution in [0, 0.1) is 10.1 Å². The van der Waals surface area contributed by atoms with Gasteiger partial charge in [-0.1, -0.05) is 23.9 Å². The maximum Gasteiger partial charge on any atom is 0.276 e. The number of nitro benzene ring substituents is 1. The summed E-state index contributed by atoms with van der Waals surface area (Å²) < 4.78 is 0. The molecule has 0 atom stereocenters. The summed E-state index contributed by atoms with van der Waals surface area (Å²) >= 11 is 0.805. The first kappa shape index (κ1) is 13.1. The summed E-state index contributed by atoms with van der Waals surface area (Å²) in [5, 5.41) is 10.1. The Labute approximate surface area is 102 Å². The molecular formula is C11H9NO4S. The average molecular weight is 251 g/mol. The molecule has 0 amide bonds. The molecule has 0 radical (unpaired) electrons. The fourth-order valence-electron chi connectivity index (χ4n) is 1.13. The SMILES string of the molecule is CSC(=O)C(=O)/C=C/c1ccccc1[N+](=O)[O-]. The van der Waals surface area contributed by atoms with E-state index in [-0.39, 0.29) is 5.69 Å². The number of para-hydroxylation sites is 1. The first-order chi connectivity index (χ1) is 8.06. The van der Waals surface area contributed by atoms with Crippen LogP contribution < -0.4 is 0 Å². The summed E-state index contributed by atoms with van der Waals surface area (Å²) in [4.78, 5) is 32.3. The second-order valence-electron chi connectivity index (χ2n) is 3.01. The minimum absolute atomic E-state index is 0.104. The van der Waals surface area contributed by atoms with Crippen LogP contribution in [-0.2, 0) is 9.59 Å². The molecule has 1 aromatic carbocycles. The van der Waals surface area contributed by atoms with Gasteiger partial charge in [-0.15, -0.1) is 0 Å². The minimum atomic E-state index is -0.685. The molecule has 0 aliphatic heterocycles. The predicted molar refractivity (Wildman–Crippen MR) is 65.7 cm³/mol. The van der Waals surface area contributed by atoms with Crippen LogP contribution in [0.1, 0.15) is 5.56 Å². The highest BCUT2D eigenvalue weighted by atomic mass is 32.2. The van der Waals surface area contributed by atoms with Crippen LogP contribution >= 0.6 is 11.8 Å². The van der Waals surface area contributed by atoms with Gasteiger partial charge in [-0.25, -0.2) is 0 Å². The molecule has 17 heavy (non-hydrogen) atoms. The lowest BCUT2D eigenvalue weighted by Crippen LogP contribution is -2.04. The maximum absolute atomic E-state index is 11.2. The molecule has 0 spiro atoms. The molecule has 0 heterocycles. The Morgan fingerprint density at radius 2 is 2.00 bits per heavy atom. The van der Waals surface area contributed by atoms with E-state index in [9.17, 15) is 19.7 Å². The van der Waals surface area contributed by atoms with Crippen LogP contribution in [0.25, 0.3) is 6.08 Å². The number of carbonyl (C=O) groups excluding carboxylic acids is 2. The van der Waals surface area contributed by atoms with Gasteiger partial charge in [-0.2, -0.15) is 0 Å². The number of hydrogen-bond donors (Lipinski definition) is 0. The third-order valence-corrected chi connectivity index (χ3v) is 2.51. The Balaban J connectivity index is 2.96. The van der Waals surface area contributed by atoms with Gasteiger partial charge >= 0.3 is 0 Å². The molecule has 0 aliphatic carbocycles. The van der Waals surface area contributed by atoms with E-state index in [1.54, 1.807) is 6.07 Å². The number of nitrogens with zero attached hydrogens (tertiary/aromatic N) is 1. The lowest BCUT2D eigenvalue weighted by atomic mass is 10.1. The molecule has 1 rings (SSSR count). The van der Waals surface area contributed by atoms with E-state index in [0.717, 1.165) is 17.8 Å². The number of rotatable bonds is 4. The molecule has 0 fully saturated rings. The zero-order chi connectivity index (χ0) is 12.8. The number of ketones is 1. The summed E-state index contributed by atoms with van der Waals surface area (Å²) in [5.74, 6) is -0.685. The maximum atomic E-state index is 11.2. The van der Waals surface area contributed by atoms with Gasteiger partial charge in [0.15, 0.2) is 0 Å². The molecule has 6 heteroatoms. The second-order valence-corrected chi connectivity index (χ2v) is 3.78. The monoisotopic (exact) mass is 251 g/mol. The Bertz CT molecular complexity index is 496.